The van der Waals surface area contributed by atoms with Crippen LogP contribution in [0.1, 0.15) is 0 Å². The molecule has 0 spiro atoms. The van der Waals surface area contributed by atoms with Gasteiger partial charge in [-0.2, -0.15) is 0 Å². The van der Waals surface area contributed by atoms with Crippen molar-refractivity contribution < 1.29 is 10.0 Å². The van der Waals surface area contributed by atoms with Crippen LogP contribution in [0.3, 0.4) is 0 Å². The summed E-state index contributed by atoms with van der Waals surface area (Å²) >= 11 is 0. The number of rotatable bonds is 5. The molecule has 0 saturated carbocycles. The van der Waals surface area contributed by atoms with E-state index in [-0.39, 0.29) is 5.59 Å². The van der Waals surface area contributed by atoms with Gasteiger partial charge in [0.2, 0.25) is 0 Å². The van der Waals surface area contributed by atoms with Gasteiger partial charge in [-0.05, 0) is 30.3 Å². The summed E-state index contributed by atoms with van der Waals surface area (Å²) in [7, 11) is -1.65. The van der Waals surface area contributed by atoms with Gasteiger partial charge in [0, 0.05) is 22.9 Å². The highest BCUT2D eigenvalue weighted by molar-refractivity contribution is 6.57. The van der Waals surface area contributed by atoms with Crippen molar-refractivity contribution in [1.82, 2.24) is 19.9 Å². The Morgan fingerprint density at radius 1 is 0.515 bits per heavy atom. The van der Waals surface area contributed by atoms with Gasteiger partial charge in [0.05, 0.1) is 28.4 Å². The van der Waals surface area contributed by atoms with Gasteiger partial charge in [0.25, 0.3) is 0 Å². The molecular weight excluding hydrogens is 411 g/mol. The second kappa shape index (κ2) is 9.12. The topological polar surface area (TPSA) is 92.0 Å². The second-order valence-corrected chi connectivity index (χ2v) is 7.44. The third kappa shape index (κ3) is 4.55. The maximum absolute atomic E-state index is 9.54. The van der Waals surface area contributed by atoms with Crippen molar-refractivity contribution in [1.29, 1.82) is 0 Å². The van der Waals surface area contributed by atoms with E-state index in [4.69, 9.17) is 9.97 Å². The predicted octanol–water partition coefficient (Wildman–Crippen LogP) is 3.61. The van der Waals surface area contributed by atoms with Crippen molar-refractivity contribution in [2.45, 2.75) is 0 Å². The molecule has 0 saturated heterocycles. The fraction of sp³-hybridized carbons (Fsp3) is 0. The van der Waals surface area contributed by atoms with Crippen LogP contribution in [0, 0.1) is 0 Å². The van der Waals surface area contributed by atoms with Gasteiger partial charge in [0.1, 0.15) is 0 Å². The van der Waals surface area contributed by atoms with Gasteiger partial charge in [-0.15, -0.1) is 0 Å². The zero-order valence-corrected chi connectivity index (χ0v) is 17.6. The van der Waals surface area contributed by atoms with Crippen molar-refractivity contribution in [3.63, 3.8) is 0 Å². The lowest BCUT2D eigenvalue weighted by molar-refractivity contribution is 0.424. The Bertz CT molecular complexity index is 1380. The zero-order valence-electron chi connectivity index (χ0n) is 17.6. The zero-order chi connectivity index (χ0) is 22.6. The van der Waals surface area contributed by atoms with E-state index in [2.05, 4.69) is 9.97 Å². The van der Waals surface area contributed by atoms with Crippen LogP contribution in [-0.4, -0.2) is 37.1 Å². The van der Waals surface area contributed by atoms with Crippen molar-refractivity contribution >= 4 is 12.7 Å². The van der Waals surface area contributed by atoms with Crippen LogP contribution < -0.4 is 5.59 Å². The molecule has 0 radical (unpaired) electrons. The molecule has 7 heteroatoms. The summed E-state index contributed by atoms with van der Waals surface area (Å²) in [5.41, 5.74) is 5.75. The average Bonchev–Trinajstić information content (AvgIpc) is 2.89. The van der Waals surface area contributed by atoms with E-state index in [1.165, 1.54) is 0 Å². The fourth-order valence-corrected chi connectivity index (χ4v) is 3.53. The summed E-state index contributed by atoms with van der Waals surface area (Å²) in [6, 6.07) is 30.5. The number of aromatic nitrogens is 4. The number of hydrogen-bond acceptors (Lipinski definition) is 6. The van der Waals surface area contributed by atoms with Crippen molar-refractivity contribution in [2.75, 3.05) is 0 Å². The Balaban J connectivity index is 1.61. The molecule has 5 rings (SSSR count). The number of nitrogens with zero attached hydrogens (tertiary/aromatic N) is 4. The predicted molar refractivity (Wildman–Crippen MR) is 129 cm³/mol. The fourth-order valence-electron chi connectivity index (χ4n) is 3.53. The van der Waals surface area contributed by atoms with Crippen LogP contribution in [0.4, 0.5) is 0 Å². The molecule has 0 amide bonds. The lowest BCUT2D eigenvalue weighted by atomic mass is 9.85. The molecular formula is C26H19BN4O2. The van der Waals surface area contributed by atoms with Gasteiger partial charge in [-0.3, -0.25) is 9.97 Å². The molecule has 2 aromatic carbocycles. The largest absolute Gasteiger partial charge is 0.508 e. The van der Waals surface area contributed by atoms with Crippen molar-refractivity contribution in [2.24, 2.45) is 0 Å². The van der Waals surface area contributed by atoms with Crippen LogP contribution in [0.5, 0.6) is 0 Å². The summed E-state index contributed by atoms with van der Waals surface area (Å²) in [6.45, 7) is 0. The van der Waals surface area contributed by atoms with E-state index in [1.807, 2.05) is 78.9 Å². The Hall–Kier alpha value is -4.20. The van der Waals surface area contributed by atoms with E-state index in [0.717, 1.165) is 28.1 Å². The van der Waals surface area contributed by atoms with E-state index in [1.54, 1.807) is 24.4 Å². The van der Waals surface area contributed by atoms with Gasteiger partial charge in [0.15, 0.2) is 5.82 Å². The standard InChI is InChI=1S/C26H19BN4O2/c32-27(33)25-11-6-10-22(29-25)24-17-23(30-26(31-24)20-7-2-1-3-8-20)19-14-12-18(13-15-19)21-9-4-5-16-28-21/h1-17,32-33H. The summed E-state index contributed by atoms with van der Waals surface area (Å²) < 4.78 is 0. The summed E-state index contributed by atoms with van der Waals surface area (Å²) in [4.78, 5) is 18.3. The molecule has 2 N–H and O–H groups in total. The van der Waals surface area contributed by atoms with E-state index >= 15 is 0 Å². The first-order valence-electron chi connectivity index (χ1n) is 10.5. The van der Waals surface area contributed by atoms with Crippen molar-refractivity contribution in [3.8, 4) is 45.3 Å². The lowest BCUT2D eigenvalue weighted by Crippen LogP contribution is -2.32. The number of benzene rings is 2. The maximum atomic E-state index is 9.54. The Morgan fingerprint density at radius 2 is 1.18 bits per heavy atom. The summed E-state index contributed by atoms with van der Waals surface area (Å²) in [6.07, 6.45) is 1.77. The molecule has 0 bridgehead atoms. The number of pyridine rings is 2. The Kier molecular flexibility index (Phi) is 5.72. The van der Waals surface area contributed by atoms with Crippen LogP contribution in [0.25, 0.3) is 45.3 Å². The van der Waals surface area contributed by atoms with Crippen LogP contribution in [-0.2, 0) is 0 Å². The van der Waals surface area contributed by atoms with E-state index in [0.29, 0.717) is 17.2 Å². The molecule has 0 aliphatic heterocycles. The first-order valence-corrected chi connectivity index (χ1v) is 10.5. The molecule has 6 nitrogen and oxygen atoms in total. The monoisotopic (exact) mass is 430 g/mol. The third-order valence-electron chi connectivity index (χ3n) is 5.20. The van der Waals surface area contributed by atoms with Gasteiger partial charge in [-0.1, -0.05) is 66.7 Å². The van der Waals surface area contributed by atoms with Crippen LogP contribution >= 0.6 is 0 Å². The quantitative estimate of drug-likeness (QED) is 0.414. The van der Waals surface area contributed by atoms with Crippen LogP contribution in [0.15, 0.2) is 103 Å². The first kappa shape index (κ1) is 20.7. The minimum Gasteiger partial charge on any atom is -0.422 e. The van der Waals surface area contributed by atoms with Crippen LogP contribution in [0.2, 0.25) is 0 Å². The second-order valence-electron chi connectivity index (χ2n) is 7.44. The van der Waals surface area contributed by atoms with E-state index in [9.17, 15) is 10.0 Å². The molecule has 3 heterocycles. The molecule has 0 aliphatic rings. The molecule has 0 unspecified atom stereocenters. The molecule has 0 atom stereocenters. The average molecular weight is 430 g/mol. The smallest absolute Gasteiger partial charge is 0.422 e. The summed E-state index contributed by atoms with van der Waals surface area (Å²) in [5.74, 6) is 0.564. The van der Waals surface area contributed by atoms with Crippen molar-refractivity contribution in [3.05, 3.63) is 103 Å². The highest BCUT2D eigenvalue weighted by Crippen LogP contribution is 2.28. The normalized spacial score (nSPS) is 10.7. The summed E-state index contributed by atoms with van der Waals surface area (Å²) in [5, 5.41) is 19.1. The molecule has 3 aromatic heterocycles. The lowest BCUT2D eigenvalue weighted by Gasteiger charge is -2.10. The molecule has 0 aliphatic carbocycles. The molecule has 5 aromatic rings. The minimum absolute atomic E-state index is 0.161. The Labute approximate surface area is 191 Å². The van der Waals surface area contributed by atoms with Gasteiger partial charge in [-0.25, -0.2) is 9.97 Å². The minimum atomic E-state index is -1.65. The number of hydrogen-bond donors (Lipinski definition) is 2. The Morgan fingerprint density at radius 3 is 1.88 bits per heavy atom. The van der Waals surface area contributed by atoms with E-state index < -0.39 is 7.12 Å². The molecule has 0 fully saturated rings. The maximum Gasteiger partial charge on any atom is 0.508 e. The molecule has 158 valence electrons. The van der Waals surface area contributed by atoms with Gasteiger partial charge >= 0.3 is 7.12 Å². The highest BCUT2D eigenvalue weighted by Gasteiger charge is 2.16. The van der Waals surface area contributed by atoms with Gasteiger partial charge < -0.3 is 10.0 Å². The molecule has 33 heavy (non-hydrogen) atoms. The first-order chi connectivity index (χ1) is 16.2. The third-order valence-corrected chi connectivity index (χ3v) is 5.20. The highest BCUT2D eigenvalue weighted by atomic mass is 16.4. The SMILES string of the molecule is OB(O)c1cccc(-c2cc(-c3ccc(-c4ccccn4)cc3)nc(-c3ccccc3)n2)n1.